The Morgan fingerprint density at radius 2 is 1.83 bits per heavy atom. The number of rotatable bonds is 6. The summed E-state index contributed by atoms with van der Waals surface area (Å²) in [5, 5.41) is 0. The fourth-order valence-corrected chi connectivity index (χ4v) is 2.87. The van der Waals surface area contributed by atoms with Crippen molar-refractivity contribution in [2.24, 2.45) is 0 Å². The third-order valence-corrected chi connectivity index (χ3v) is 4.23. The van der Waals surface area contributed by atoms with Gasteiger partial charge in [-0.25, -0.2) is 4.79 Å². The summed E-state index contributed by atoms with van der Waals surface area (Å²) in [6.07, 6.45) is 0. The molecule has 0 fully saturated rings. The van der Waals surface area contributed by atoms with Crippen LogP contribution in [-0.4, -0.2) is 21.5 Å². The molecule has 0 unspecified atom stereocenters. The van der Waals surface area contributed by atoms with Crippen molar-refractivity contribution in [1.82, 2.24) is 4.72 Å². The summed E-state index contributed by atoms with van der Waals surface area (Å²) in [5.74, 6) is -0.525. The molecule has 0 spiro atoms. The number of hydrogen-bond donors (Lipinski definition) is 2. The van der Waals surface area contributed by atoms with E-state index in [0.29, 0.717) is 11.3 Å². The average Bonchev–Trinajstić information content (AvgIpc) is 2.55. The maximum absolute atomic E-state index is 12.1. The highest BCUT2D eigenvalue weighted by Gasteiger charge is 2.14. The maximum Gasteiger partial charge on any atom is 0.337 e. The number of carbonyl (C=O) groups excluding carboxylic acids is 1. The minimum absolute atomic E-state index is 0.173. The van der Waals surface area contributed by atoms with Gasteiger partial charge in [0.15, 0.2) is 0 Å². The van der Waals surface area contributed by atoms with Crippen LogP contribution in [0.3, 0.4) is 0 Å². The van der Waals surface area contributed by atoms with Crippen molar-refractivity contribution < 1.29 is 17.9 Å². The molecule has 23 heavy (non-hydrogen) atoms. The Morgan fingerprint density at radius 3 is 2.48 bits per heavy atom. The summed E-state index contributed by atoms with van der Waals surface area (Å²) in [7, 11) is -2.49. The van der Waals surface area contributed by atoms with Crippen molar-refractivity contribution in [3.05, 3.63) is 65.2 Å². The molecule has 0 saturated carbocycles. The van der Waals surface area contributed by atoms with E-state index in [1.807, 2.05) is 30.3 Å². The van der Waals surface area contributed by atoms with Crippen molar-refractivity contribution in [2.75, 3.05) is 11.8 Å². The number of aryl methyl sites for hydroxylation is 1. The van der Waals surface area contributed by atoms with Gasteiger partial charge in [0.05, 0.1) is 18.4 Å². The van der Waals surface area contributed by atoms with Gasteiger partial charge >= 0.3 is 5.97 Å². The van der Waals surface area contributed by atoms with E-state index in [0.717, 1.165) is 5.56 Å². The van der Waals surface area contributed by atoms with Gasteiger partial charge in [0, 0.05) is 6.54 Å². The molecule has 0 atom stereocenters. The summed E-state index contributed by atoms with van der Waals surface area (Å²) in [6.45, 7) is 1.92. The van der Waals surface area contributed by atoms with Crippen LogP contribution < -0.4 is 9.44 Å². The van der Waals surface area contributed by atoms with Crippen LogP contribution >= 0.6 is 0 Å². The normalized spacial score (nSPS) is 11.0. The second kappa shape index (κ2) is 7.26. The van der Waals surface area contributed by atoms with E-state index in [4.69, 9.17) is 0 Å². The molecule has 0 radical (unpaired) electrons. The van der Waals surface area contributed by atoms with Gasteiger partial charge in [0.2, 0.25) is 0 Å². The summed E-state index contributed by atoms with van der Waals surface area (Å²) < 4.78 is 33.8. The first kappa shape index (κ1) is 17.0. The van der Waals surface area contributed by atoms with Crippen LogP contribution in [0.4, 0.5) is 5.69 Å². The lowest BCUT2D eigenvalue weighted by atomic mass is 10.1. The molecule has 6 nitrogen and oxygen atoms in total. The Balaban J connectivity index is 2.12. The zero-order valence-electron chi connectivity index (χ0n) is 12.9. The summed E-state index contributed by atoms with van der Waals surface area (Å²) in [4.78, 5) is 11.5. The van der Waals surface area contributed by atoms with Gasteiger partial charge in [-0.1, -0.05) is 36.4 Å². The fraction of sp³-hybridized carbons (Fsp3) is 0.188. The zero-order valence-corrected chi connectivity index (χ0v) is 13.7. The zero-order chi connectivity index (χ0) is 16.9. The molecule has 2 aromatic carbocycles. The van der Waals surface area contributed by atoms with Crippen LogP contribution in [0.5, 0.6) is 0 Å². The smallest absolute Gasteiger partial charge is 0.337 e. The van der Waals surface area contributed by atoms with E-state index in [9.17, 15) is 13.2 Å². The van der Waals surface area contributed by atoms with Crippen molar-refractivity contribution in [2.45, 2.75) is 13.5 Å². The van der Waals surface area contributed by atoms with Gasteiger partial charge in [-0.2, -0.15) is 13.1 Å². The third kappa shape index (κ3) is 4.80. The molecule has 2 rings (SSSR count). The number of anilines is 1. The Hall–Kier alpha value is -2.38. The number of nitrogens with one attached hydrogen (secondary N) is 2. The van der Waals surface area contributed by atoms with E-state index in [2.05, 4.69) is 14.2 Å². The van der Waals surface area contributed by atoms with Crippen molar-refractivity contribution in [3.63, 3.8) is 0 Å². The van der Waals surface area contributed by atoms with Crippen LogP contribution in [0.2, 0.25) is 0 Å². The highest BCUT2D eigenvalue weighted by Crippen LogP contribution is 2.18. The largest absolute Gasteiger partial charge is 0.465 e. The van der Waals surface area contributed by atoms with Crippen LogP contribution in [-0.2, 0) is 21.5 Å². The van der Waals surface area contributed by atoms with Crippen LogP contribution in [0, 0.1) is 6.92 Å². The first-order chi connectivity index (χ1) is 10.9. The highest BCUT2D eigenvalue weighted by atomic mass is 32.2. The molecule has 122 valence electrons. The predicted octanol–water partition coefficient (Wildman–Crippen LogP) is 2.23. The van der Waals surface area contributed by atoms with E-state index in [1.165, 1.54) is 13.2 Å². The minimum atomic E-state index is -3.76. The fourth-order valence-electron chi connectivity index (χ4n) is 1.93. The highest BCUT2D eigenvalue weighted by molar-refractivity contribution is 7.90. The van der Waals surface area contributed by atoms with Crippen molar-refractivity contribution >= 4 is 21.9 Å². The summed E-state index contributed by atoms with van der Waals surface area (Å²) in [5.41, 5.74) is 2.15. The molecule has 0 saturated heterocycles. The van der Waals surface area contributed by atoms with Gasteiger partial charge in [0.1, 0.15) is 0 Å². The molecule has 0 amide bonds. The number of ether oxygens (including phenoxy) is 1. The topological polar surface area (TPSA) is 84.5 Å². The van der Waals surface area contributed by atoms with Gasteiger partial charge in [-0.3, -0.25) is 4.72 Å². The molecule has 2 aromatic rings. The molecule has 0 aliphatic heterocycles. The molecule has 0 bridgehead atoms. The van der Waals surface area contributed by atoms with Gasteiger partial charge in [-0.05, 0) is 30.2 Å². The second-order valence-electron chi connectivity index (χ2n) is 4.93. The maximum atomic E-state index is 12.1. The Morgan fingerprint density at radius 1 is 1.13 bits per heavy atom. The first-order valence-electron chi connectivity index (χ1n) is 6.91. The van der Waals surface area contributed by atoms with Crippen molar-refractivity contribution in [1.29, 1.82) is 0 Å². The lowest BCUT2D eigenvalue weighted by Crippen LogP contribution is -2.30. The van der Waals surface area contributed by atoms with Crippen molar-refractivity contribution in [3.8, 4) is 0 Å². The van der Waals surface area contributed by atoms with Gasteiger partial charge in [0.25, 0.3) is 10.2 Å². The monoisotopic (exact) mass is 334 g/mol. The Bertz CT molecular complexity index is 789. The molecule has 0 aliphatic rings. The average molecular weight is 334 g/mol. The molecule has 7 heteroatoms. The van der Waals surface area contributed by atoms with Gasteiger partial charge in [-0.15, -0.1) is 0 Å². The quantitative estimate of drug-likeness (QED) is 0.794. The number of benzene rings is 2. The van der Waals surface area contributed by atoms with Crippen LogP contribution in [0.15, 0.2) is 48.5 Å². The summed E-state index contributed by atoms with van der Waals surface area (Å²) in [6, 6.07) is 13.9. The Labute approximate surface area is 135 Å². The molecule has 2 N–H and O–H groups in total. The molecule has 0 heterocycles. The first-order valence-corrected chi connectivity index (χ1v) is 8.40. The van der Waals surface area contributed by atoms with E-state index >= 15 is 0 Å². The lowest BCUT2D eigenvalue weighted by Gasteiger charge is -2.12. The van der Waals surface area contributed by atoms with Gasteiger partial charge < -0.3 is 4.74 Å². The van der Waals surface area contributed by atoms with E-state index < -0.39 is 16.2 Å². The number of esters is 1. The summed E-state index contributed by atoms with van der Waals surface area (Å²) >= 11 is 0. The lowest BCUT2D eigenvalue weighted by molar-refractivity contribution is 0.0601. The third-order valence-electron chi connectivity index (χ3n) is 3.21. The molecular weight excluding hydrogens is 316 g/mol. The molecule has 0 aliphatic carbocycles. The molecule has 0 aromatic heterocycles. The number of hydrogen-bond acceptors (Lipinski definition) is 4. The molecular formula is C16H18N2O4S. The predicted molar refractivity (Wildman–Crippen MR) is 88.3 cm³/mol. The van der Waals surface area contributed by atoms with Crippen LogP contribution in [0.1, 0.15) is 21.5 Å². The standard InChI is InChI=1S/C16H18N2O4S/c1-12-8-9-14(16(19)22-2)10-15(12)18-23(20,21)17-11-13-6-4-3-5-7-13/h3-10,17-18H,11H2,1-2H3. The van der Waals surface area contributed by atoms with Crippen LogP contribution in [0.25, 0.3) is 0 Å². The SMILES string of the molecule is COC(=O)c1ccc(C)c(NS(=O)(=O)NCc2ccccc2)c1. The minimum Gasteiger partial charge on any atom is -0.465 e. The van der Waals surface area contributed by atoms with E-state index in [1.54, 1.807) is 19.1 Å². The number of carbonyl (C=O) groups is 1. The Kier molecular flexibility index (Phi) is 5.36. The van der Waals surface area contributed by atoms with E-state index in [-0.39, 0.29) is 12.1 Å². The second-order valence-corrected chi connectivity index (χ2v) is 6.43. The number of methoxy groups -OCH3 is 1.